The summed E-state index contributed by atoms with van der Waals surface area (Å²) in [6.07, 6.45) is 1.53. The highest BCUT2D eigenvalue weighted by Gasteiger charge is 2.26. The quantitative estimate of drug-likeness (QED) is 0.656. The highest BCUT2D eigenvalue weighted by Crippen LogP contribution is 2.02. The SMILES string of the molecule is CC(=O)NCCN(C(=O)Cn1nc2ccccn2c1=O)C(C)C(=O)O. The van der Waals surface area contributed by atoms with Gasteiger partial charge in [-0.1, -0.05) is 6.07 Å². The third kappa shape index (κ3) is 4.22. The highest BCUT2D eigenvalue weighted by molar-refractivity contribution is 5.83. The molecule has 10 nitrogen and oxygen atoms in total. The summed E-state index contributed by atoms with van der Waals surface area (Å²) in [5, 5.41) is 15.7. The van der Waals surface area contributed by atoms with Crippen molar-refractivity contribution in [2.75, 3.05) is 13.1 Å². The van der Waals surface area contributed by atoms with Gasteiger partial charge in [0.15, 0.2) is 5.65 Å². The number of amides is 2. The molecule has 2 N–H and O–H groups in total. The van der Waals surface area contributed by atoms with Crippen molar-refractivity contribution in [1.29, 1.82) is 0 Å². The second-order valence-electron chi connectivity index (χ2n) is 5.45. The molecule has 2 rings (SSSR count). The first kappa shape index (κ1) is 18.2. The summed E-state index contributed by atoms with van der Waals surface area (Å²) in [4.78, 5) is 48.0. The second-order valence-corrected chi connectivity index (χ2v) is 5.45. The molecule has 0 saturated heterocycles. The Bertz CT molecular complexity index is 855. The van der Waals surface area contributed by atoms with Crippen molar-refractivity contribution in [3.63, 3.8) is 0 Å². The summed E-state index contributed by atoms with van der Waals surface area (Å²) in [5.74, 6) is -2.05. The summed E-state index contributed by atoms with van der Waals surface area (Å²) in [5.41, 5.74) is -0.106. The van der Waals surface area contributed by atoms with Crippen LogP contribution < -0.4 is 11.0 Å². The minimum atomic E-state index is -1.18. The van der Waals surface area contributed by atoms with E-state index in [2.05, 4.69) is 10.4 Å². The van der Waals surface area contributed by atoms with E-state index >= 15 is 0 Å². The van der Waals surface area contributed by atoms with Gasteiger partial charge >= 0.3 is 11.7 Å². The van der Waals surface area contributed by atoms with Crippen molar-refractivity contribution >= 4 is 23.4 Å². The first-order valence-corrected chi connectivity index (χ1v) is 7.62. The van der Waals surface area contributed by atoms with Gasteiger partial charge in [0.05, 0.1) is 0 Å². The van der Waals surface area contributed by atoms with E-state index in [1.165, 1.54) is 24.4 Å². The summed E-state index contributed by atoms with van der Waals surface area (Å²) in [6, 6.07) is 3.89. The minimum absolute atomic E-state index is 0.00794. The van der Waals surface area contributed by atoms with E-state index in [9.17, 15) is 24.3 Å². The number of nitrogens with zero attached hydrogens (tertiary/aromatic N) is 4. The molecule has 134 valence electrons. The lowest BCUT2D eigenvalue weighted by molar-refractivity contribution is -0.149. The van der Waals surface area contributed by atoms with Gasteiger partial charge < -0.3 is 15.3 Å². The van der Waals surface area contributed by atoms with Gasteiger partial charge in [0.1, 0.15) is 12.6 Å². The molecule has 1 atom stereocenters. The largest absolute Gasteiger partial charge is 0.480 e. The Balaban J connectivity index is 2.19. The number of hydrogen-bond acceptors (Lipinski definition) is 5. The van der Waals surface area contributed by atoms with Crippen molar-refractivity contribution in [2.45, 2.75) is 26.4 Å². The first-order chi connectivity index (χ1) is 11.8. The van der Waals surface area contributed by atoms with E-state index in [4.69, 9.17) is 0 Å². The van der Waals surface area contributed by atoms with Crippen LogP contribution in [0.3, 0.4) is 0 Å². The van der Waals surface area contributed by atoms with Gasteiger partial charge in [-0.05, 0) is 19.1 Å². The zero-order chi connectivity index (χ0) is 18.6. The molecule has 2 heterocycles. The molecule has 0 aliphatic carbocycles. The molecule has 10 heteroatoms. The van der Waals surface area contributed by atoms with Crippen LogP contribution in [0.2, 0.25) is 0 Å². The molecule has 0 fully saturated rings. The van der Waals surface area contributed by atoms with Crippen LogP contribution in [0.5, 0.6) is 0 Å². The number of rotatable bonds is 7. The van der Waals surface area contributed by atoms with Crippen molar-refractivity contribution in [1.82, 2.24) is 24.4 Å². The Labute approximate surface area is 142 Å². The van der Waals surface area contributed by atoms with Crippen LogP contribution >= 0.6 is 0 Å². The molecule has 0 aromatic carbocycles. The van der Waals surface area contributed by atoms with Crippen LogP contribution in [-0.4, -0.2) is 61.1 Å². The topological polar surface area (TPSA) is 126 Å². The molecule has 1 unspecified atom stereocenters. The summed E-state index contributed by atoms with van der Waals surface area (Å²) in [7, 11) is 0. The summed E-state index contributed by atoms with van der Waals surface area (Å²) < 4.78 is 2.27. The molecule has 0 spiro atoms. The lowest BCUT2D eigenvalue weighted by atomic mass is 10.2. The van der Waals surface area contributed by atoms with Gasteiger partial charge in [-0.3, -0.25) is 14.0 Å². The Hall–Kier alpha value is -3.17. The zero-order valence-corrected chi connectivity index (χ0v) is 13.9. The van der Waals surface area contributed by atoms with Crippen molar-refractivity contribution in [2.24, 2.45) is 0 Å². The predicted octanol–water partition coefficient (Wildman–Crippen LogP) is -1.07. The number of pyridine rings is 1. The number of carbonyl (C=O) groups excluding carboxylic acids is 2. The molecule has 0 saturated carbocycles. The maximum Gasteiger partial charge on any atom is 0.350 e. The van der Waals surface area contributed by atoms with Gasteiger partial charge in [0.25, 0.3) is 0 Å². The Morgan fingerprint density at radius 3 is 2.68 bits per heavy atom. The standard InChI is InChI=1S/C15H19N5O5/c1-10(14(23)24)18(8-6-16-11(2)21)13(22)9-20-15(25)19-7-4-3-5-12(19)17-20/h3-5,7,10H,6,8-9H2,1-2H3,(H,16,21)(H,23,24). The number of aromatic nitrogens is 3. The fourth-order valence-corrected chi connectivity index (χ4v) is 2.31. The lowest BCUT2D eigenvalue weighted by Gasteiger charge is -2.26. The first-order valence-electron chi connectivity index (χ1n) is 7.62. The molecule has 2 aromatic rings. The molecule has 25 heavy (non-hydrogen) atoms. The Morgan fingerprint density at radius 1 is 1.36 bits per heavy atom. The zero-order valence-electron chi connectivity index (χ0n) is 13.9. The van der Waals surface area contributed by atoms with E-state index in [1.807, 2.05) is 0 Å². The fraction of sp³-hybridized carbons (Fsp3) is 0.400. The molecule has 0 aliphatic rings. The molecular formula is C15H19N5O5. The predicted molar refractivity (Wildman–Crippen MR) is 86.9 cm³/mol. The molecule has 0 aliphatic heterocycles. The van der Waals surface area contributed by atoms with Crippen molar-refractivity contribution in [3.8, 4) is 0 Å². The van der Waals surface area contributed by atoms with E-state index < -0.39 is 30.2 Å². The number of carboxylic acids is 1. The number of carboxylic acid groups (broad SMARTS) is 1. The molecular weight excluding hydrogens is 330 g/mol. The number of fused-ring (bicyclic) bond motifs is 1. The van der Waals surface area contributed by atoms with Crippen LogP contribution in [0, 0.1) is 0 Å². The molecule has 2 amide bonds. The van der Waals surface area contributed by atoms with Crippen molar-refractivity contribution in [3.05, 3.63) is 34.9 Å². The van der Waals surface area contributed by atoms with E-state index in [0.29, 0.717) is 5.65 Å². The van der Waals surface area contributed by atoms with Gasteiger partial charge in [-0.25, -0.2) is 14.3 Å². The molecule has 0 bridgehead atoms. The van der Waals surface area contributed by atoms with Crippen molar-refractivity contribution < 1.29 is 19.5 Å². The van der Waals surface area contributed by atoms with Crippen LogP contribution in [0.4, 0.5) is 0 Å². The average molecular weight is 349 g/mol. The normalized spacial score (nSPS) is 11.9. The van der Waals surface area contributed by atoms with E-state index in [-0.39, 0.29) is 19.0 Å². The number of nitrogens with one attached hydrogen (secondary N) is 1. The van der Waals surface area contributed by atoms with Gasteiger partial charge in [0.2, 0.25) is 11.8 Å². The maximum absolute atomic E-state index is 12.5. The average Bonchev–Trinajstić information content (AvgIpc) is 2.87. The summed E-state index contributed by atoms with van der Waals surface area (Å²) in [6.45, 7) is 2.41. The van der Waals surface area contributed by atoms with Gasteiger partial charge in [0, 0.05) is 26.2 Å². The molecule has 0 radical (unpaired) electrons. The Morgan fingerprint density at radius 2 is 2.08 bits per heavy atom. The monoisotopic (exact) mass is 349 g/mol. The smallest absolute Gasteiger partial charge is 0.350 e. The van der Waals surface area contributed by atoms with Gasteiger partial charge in [-0.15, -0.1) is 5.10 Å². The molecule has 2 aromatic heterocycles. The number of carbonyl (C=O) groups is 3. The highest BCUT2D eigenvalue weighted by atomic mass is 16.4. The lowest BCUT2D eigenvalue weighted by Crippen LogP contribution is -2.48. The van der Waals surface area contributed by atoms with Crippen LogP contribution in [0.1, 0.15) is 13.8 Å². The van der Waals surface area contributed by atoms with Crippen LogP contribution in [0.15, 0.2) is 29.2 Å². The third-order valence-electron chi connectivity index (χ3n) is 3.65. The second kappa shape index (κ2) is 7.60. The van der Waals surface area contributed by atoms with E-state index in [0.717, 1.165) is 9.58 Å². The third-order valence-corrected chi connectivity index (χ3v) is 3.65. The number of hydrogen-bond donors (Lipinski definition) is 2. The van der Waals surface area contributed by atoms with Crippen LogP contribution in [0.25, 0.3) is 5.65 Å². The van der Waals surface area contributed by atoms with Crippen LogP contribution in [-0.2, 0) is 20.9 Å². The Kier molecular flexibility index (Phi) is 5.52. The minimum Gasteiger partial charge on any atom is -0.480 e. The van der Waals surface area contributed by atoms with Gasteiger partial charge in [-0.2, -0.15) is 0 Å². The maximum atomic E-state index is 12.5. The number of aliphatic carboxylic acids is 1. The summed E-state index contributed by atoms with van der Waals surface area (Å²) >= 11 is 0. The fourth-order valence-electron chi connectivity index (χ4n) is 2.31. The van der Waals surface area contributed by atoms with E-state index in [1.54, 1.807) is 18.2 Å².